The smallest absolute Gasteiger partial charge is 0.230 e. The van der Waals surface area contributed by atoms with Gasteiger partial charge in [-0.2, -0.15) is 0 Å². The Labute approximate surface area is 153 Å². The van der Waals surface area contributed by atoms with Gasteiger partial charge in [0.15, 0.2) is 0 Å². The van der Waals surface area contributed by atoms with Gasteiger partial charge in [0.2, 0.25) is 5.91 Å². The molecule has 1 fully saturated rings. The van der Waals surface area contributed by atoms with Crippen molar-refractivity contribution in [3.05, 3.63) is 45.9 Å². The molecule has 2 aromatic rings. The molecule has 0 radical (unpaired) electrons. The minimum absolute atomic E-state index is 0.155. The van der Waals surface area contributed by atoms with Crippen molar-refractivity contribution in [1.29, 1.82) is 0 Å². The van der Waals surface area contributed by atoms with E-state index in [0.29, 0.717) is 5.91 Å². The van der Waals surface area contributed by atoms with Crippen molar-refractivity contribution in [2.24, 2.45) is 5.92 Å². The Hall–Kier alpha value is -1.72. The third-order valence-electron chi connectivity index (χ3n) is 5.43. The molecule has 4 rings (SSSR count). The first-order valence-electron chi connectivity index (χ1n) is 9.16. The fourth-order valence-electron chi connectivity index (χ4n) is 4.15. The van der Waals surface area contributed by atoms with Crippen molar-refractivity contribution in [2.75, 3.05) is 18.0 Å². The van der Waals surface area contributed by atoms with Gasteiger partial charge in [0.25, 0.3) is 0 Å². The number of para-hydroxylation sites is 1. The van der Waals surface area contributed by atoms with Crippen LogP contribution in [0.3, 0.4) is 0 Å². The predicted molar refractivity (Wildman–Crippen MR) is 102 cm³/mol. The Morgan fingerprint density at radius 3 is 2.76 bits per heavy atom. The summed E-state index contributed by atoms with van der Waals surface area (Å²) in [5.41, 5.74) is 3.59. The second-order valence-electron chi connectivity index (χ2n) is 7.30. The van der Waals surface area contributed by atoms with E-state index < -0.39 is 0 Å². The first-order valence-corrected chi connectivity index (χ1v) is 10.0. The summed E-state index contributed by atoms with van der Waals surface area (Å²) in [7, 11) is 0. The van der Waals surface area contributed by atoms with Crippen LogP contribution in [-0.2, 0) is 17.8 Å². The molecule has 1 unspecified atom stereocenters. The van der Waals surface area contributed by atoms with E-state index in [2.05, 4.69) is 45.3 Å². The second kappa shape index (κ2) is 6.89. The predicted octanol–water partition coefficient (Wildman–Crippen LogP) is 3.64. The Morgan fingerprint density at radius 2 is 2.04 bits per heavy atom. The van der Waals surface area contributed by atoms with E-state index in [-0.39, 0.29) is 12.0 Å². The zero-order chi connectivity index (χ0) is 17.4. The van der Waals surface area contributed by atoms with Crippen molar-refractivity contribution in [2.45, 2.75) is 45.7 Å². The number of rotatable bonds is 3. The van der Waals surface area contributed by atoms with Crippen LogP contribution < -0.4 is 4.90 Å². The number of fused-ring (bicyclic) bond motifs is 1. The van der Waals surface area contributed by atoms with E-state index >= 15 is 0 Å². The van der Waals surface area contributed by atoms with Gasteiger partial charge in [-0.3, -0.25) is 9.69 Å². The van der Waals surface area contributed by atoms with E-state index in [1.165, 1.54) is 5.56 Å². The van der Waals surface area contributed by atoms with E-state index in [4.69, 9.17) is 0 Å². The lowest BCUT2D eigenvalue weighted by Crippen LogP contribution is -2.44. The van der Waals surface area contributed by atoms with Crippen LogP contribution in [0, 0.1) is 12.8 Å². The fourth-order valence-corrected chi connectivity index (χ4v) is 4.75. The van der Waals surface area contributed by atoms with Crippen LogP contribution in [0.15, 0.2) is 29.6 Å². The van der Waals surface area contributed by atoms with Crippen LogP contribution in [0.4, 0.5) is 5.69 Å². The molecule has 132 valence electrons. The molecule has 1 aromatic carbocycles. The molecular weight excluding hydrogens is 330 g/mol. The monoisotopic (exact) mass is 355 g/mol. The van der Waals surface area contributed by atoms with Gasteiger partial charge in [-0.1, -0.05) is 18.2 Å². The summed E-state index contributed by atoms with van der Waals surface area (Å²) in [6.07, 6.45) is 2.88. The highest BCUT2D eigenvalue weighted by atomic mass is 32.1. The van der Waals surface area contributed by atoms with Crippen molar-refractivity contribution in [3.63, 3.8) is 0 Å². The summed E-state index contributed by atoms with van der Waals surface area (Å²) < 4.78 is 0. The van der Waals surface area contributed by atoms with Crippen LogP contribution in [0.2, 0.25) is 0 Å². The van der Waals surface area contributed by atoms with Gasteiger partial charge in [-0.15, -0.1) is 11.3 Å². The van der Waals surface area contributed by atoms with Gasteiger partial charge < -0.3 is 4.90 Å². The molecular formula is C20H25N3OS. The number of carbonyl (C=O) groups excluding carboxylic acids is 1. The quantitative estimate of drug-likeness (QED) is 0.843. The Balaban J connectivity index is 1.38. The Bertz CT molecular complexity index is 764. The number of benzene rings is 1. The average molecular weight is 356 g/mol. The molecule has 1 saturated heterocycles. The highest BCUT2D eigenvalue weighted by Gasteiger charge is 2.35. The maximum Gasteiger partial charge on any atom is 0.230 e. The number of piperidine rings is 1. The average Bonchev–Trinajstić information content (AvgIpc) is 3.17. The lowest BCUT2D eigenvalue weighted by atomic mass is 9.94. The van der Waals surface area contributed by atoms with E-state index in [1.807, 2.05) is 13.0 Å². The molecule has 25 heavy (non-hydrogen) atoms. The van der Waals surface area contributed by atoms with Crippen LogP contribution in [0.1, 0.15) is 36.0 Å². The third kappa shape index (κ3) is 3.35. The zero-order valence-electron chi connectivity index (χ0n) is 14.9. The number of hydrogen-bond acceptors (Lipinski definition) is 4. The van der Waals surface area contributed by atoms with Gasteiger partial charge in [0, 0.05) is 29.6 Å². The summed E-state index contributed by atoms with van der Waals surface area (Å²) in [5.74, 6) is 0.476. The van der Waals surface area contributed by atoms with Crippen LogP contribution in [0.25, 0.3) is 0 Å². The highest BCUT2D eigenvalue weighted by molar-refractivity contribution is 7.09. The zero-order valence-corrected chi connectivity index (χ0v) is 15.8. The third-order valence-corrected chi connectivity index (χ3v) is 6.26. The van der Waals surface area contributed by atoms with Crippen molar-refractivity contribution >= 4 is 22.9 Å². The van der Waals surface area contributed by atoms with E-state index in [9.17, 15) is 4.79 Å². The standard InChI is InChI=1S/C20H25N3OS/c1-14-11-17-5-3-4-6-19(17)23(14)20(24)16-7-9-22(10-8-16)12-18-13-25-15(2)21-18/h3-6,13-14,16H,7-12H2,1-2H3. The topological polar surface area (TPSA) is 36.4 Å². The van der Waals surface area contributed by atoms with Gasteiger partial charge in [-0.25, -0.2) is 4.98 Å². The lowest BCUT2D eigenvalue weighted by Gasteiger charge is -2.34. The maximum atomic E-state index is 13.1. The van der Waals surface area contributed by atoms with Crippen LogP contribution in [0.5, 0.6) is 0 Å². The minimum Gasteiger partial charge on any atom is -0.309 e. The number of carbonyl (C=O) groups is 1. The normalized spacial score (nSPS) is 21.5. The first kappa shape index (κ1) is 16.7. The van der Waals surface area contributed by atoms with Crippen molar-refractivity contribution in [3.8, 4) is 0 Å². The maximum absolute atomic E-state index is 13.1. The molecule has 0 N–H and O–H groups in total. The van der Waals surface area contributed by atoms with Crippen LogP contribution >= 0.6 is 11.3 Å². The first-order chi connectivity index (χ1) is 12.1. The second-order valence-corrected chi connectivity index (χ2v) is 8.36. The SMILES string of the molecule is Cc1nc(CN2CCC(C(=O)N3c4ccccc4CC3C)CC2)cs1. The molecule has 1 aromatic heterocycles. The number of anilines is 1. The van der Waals surface area contributed by atoms with Gasteiger partial charge in [-0.05, 0) is 57.8 Å². The molecule has 0 bridgehead atoms. The molecule has 1 atom stereocenters. The minimum atomic E-state index is 0.155. The van der Waals surface area contributed by atoms with E-state index in [0.717, 1.165) is 55.3 Å². The largest absolute Gasteiger partial charge is 0.309 e. The summed E-state index contributed by atoms with van der Waals surface area (Å²) in [4.78, 5) is 22.2. The molecule has 0 saturated carbocycles. The summed E-state index contributed by atoms with van der Waals surface area (Å²) in [5, 5.41) is 3.27. The van der Waals surface area contributed by atoms with E-state index in [1.54, 1.807) is 11.3 Å². The number of hydrogen-bond donors (Lipinski definition) is 0. The molecule has 0 aliphatic carbocycles. The van der Waals surface area contributed by atoms with Gasteiger partial charge in [0.1, 0.15) is 0 Å². The number of thiazole rings is 1. The molecule has 0 spiro atoms. The molecule has 3 heterocycles. The number of aryl methyl sites for hydroxylation is 1. The summed E-state index contributed by atoms with van der Waals surface area (Å²) >= 11 is 1.71. The molecule has 1 amide bonds. The Kier molecular flexibility index (Phi) is 4.61. The molecule has 2 aliphatic rings. The lowest BCUT2D eigenvalue weighted by molar-refractivity contribution is -0.124. The number of aromatic nitrogens is 1. The summed E-state index contributed by atoms with van der Waals surface area (Å²) in [6, 6.07) is 8.63. The number of amides is 1. The van der Waals surface area contributed by atoms with Crippen molar-refractivity contribution in [1.82, 2.24) is 9.88 Å². The highest BCUT2D eigenvalue weighted by Crippen LogP contribution is 2.34. The Morgan fingerprint density at radius 1 is 1.28 bits per heavy atom. The number of nitrogens with zero attached hydrogens (tertiary/aromatic N) is 3. The van der Waals surface area contributed by atoms with Gasteiger partial charge in [0.05, 0.1) is 10.7 Å². The van der Waals surface area contributed by atoms with Crippen molar-refractivity contribution < 1.29 is 4.79 Å². The molecule has 4 nitrogen and oxygen atoms in total. The fraction of sp³-hybridized carbons (Fsp3) is 0.500. The summed E-state index contributed by atoms with van der Waals surface area (Å²) in [6.45, 7) is 7.09. The molecule has 5 heteroatoms. The number of likely N-dealkylation sites (tertiary alicyclic amines) is 1. The van der Waals surface area contributed by atoms with Crippen LogP contribution in [-0.4, -0.2) is 34.9 Å². The molecule has 2 aliphatic heterocycles. The van der Waals surface area contributed by atoms with Gasteiger partial charge >= 0.3 is 0 Å².